The van der Waals surface area contributed by atoms with Gasteiger partial charge in [0.25, 0.3) is 0 Å². The van der Waals surface area contributed by atoms with Crippen LogP contribution in [0.2, 0.25) is 0 Å². The third-order valence-electron chi connectivity index (χ3n) is 6.82. The minimum atomic E-state index is -0.213. The highest BCUT2D eigenvalue weighted by Gasteiger charge is 2.39. The molecule has 1 aliphatic heterocycles. The molecule has 0 bridgehead atoms. The lowest BCUT2D eigenvalue weighted by Gasteiger charge is -2.38. The van der Waals surface area contributed by atoms with Gasteiger partial charge in [-0.2, -0.15) is 0 Å². The van der Waals surface area contributed by atoms with Gasteiger partial charge in [-0.1, -0.05) is 79.7 Å². The van der Waals surface area contributed by atoms with Crippen LogP contribution in [-0.4, -0.2) is 7.11 Å². The standard InChI is InChI=1S/C30H35BrO2/c1-28(2,3)19-14-22(18-10-12-21(32-9)13-11-18)26-23(15-19)30(7,8)24-16-20(29(4,5)6)17-25(31)27(24)33-26/h10-17H,1-9H3. The van der Waals surface area contributed by atoms with Crippen LogP contribution in [0.25, 0.3) is 11.1 Å². The van der Waals surface area contributed by atoms with Crippen molar-refractivity contribution in [2.24, 2.45) is 0 Å². The highest BCUT2D eigenvalue weighted by molar-refractivity contribution is 9.10. The molecule has 0 saturated heterocycles. The first-order chi connectivity index (χ1) is 15.2. The third kappa shape index (κ3) is 4.21. The van der Waals surface area contributed by atoms with E-state index in [-0.39, 0.29) is 16.2 Å². The van der Waals surface area contributed by atoms with Crippen LogP contribution in [0.15, 0.2) is 53.0 Å². The average Bonchev–Trinajstić information content (AvgIpc) is 2.72. The normalized spacial score (nSPS) is 14.8. The van der Waals surface area contributed by atoms with Gasteiger partial charge < -0.3 is 9.47 Å². The second-order valence-corrected chi connectivity index (χ2v) is 12.5. The molecule has 0 amide bonds. The Balaban J connectivity index is 2.01. The van der Waals surface area contributed by atoms with Gasteiger partial charge >= 0.3 is 0 Å². The lowest BCUT2D eigenvalue weighted by Crippen LogP contribution is -2.27. The first-order valence-electron chi connectivity index (χ1n) is 11.6. The Kier molecular flexibility index (Phi) is 5.72. The molecule has 3 heteroatoms. The summed E-state index contributed by atoms with van der Waals surface area (Å²) in [5, 5.41) is 0. The van der Waals surface area contributed by atoms with Gasteiger partial charge in [-0.3, -0.25) is 0 Å². The van der Waals surface area contributed by atoms with Gasteiger partial charge in [-0.25, -0.2) is 0 Å². The fourth-order valence-corrected chi connectivity index (χ4v) is 5.00. The Bertz CT molecular complexity index is 1210. The second-order valence-electron chi connectivity index (χ2n) is 11.7. The highest BCUT2D eigenvalue weighted by Crippen LogP contribution is 2.55. The molecule has 0 aliphatic carbocycles. The Morgan fingerprint density at radius 2 is 1.27 bits per heavy atom. The monoisotopic (exact) mass is 506 g/mol. The van der Waals surface area contributed by atoms with E-state index in [2.05, 4.69) is 108 Å². The number of rotatable bonds is 2. The summed E-state index contributed by atoms with van der Waals surface area (Å²) in [4.78, 5) is 0. The fraction of sp³-hybridized carbons (Fsp3) is 0.400. The number of hydrogen-bond donors (Lipinski definition) is 0. The van der Waals surface area contributed by atoms with Gasteiger partial charge in [0.2, 0.25) is 0 Å². The second kappa shape index (κ2) is 7.91. The van der Waals surface area contributed by atoms with E-state index in [0.717, 1.165) is 32.8 Å². The summed E-state index contributed by atoms with van der Waals surface area (Å²) in [5.74, 6) is 2.71. The average molecular weight is 508 g/mol. The van der Waals surface area contributed by atoms with E-state index in [9.17, 15) is 0 Å². The lowest BCUT2D eigenvalue weighted by atomic mass is 9.71. The van der Waals surface area contributed by atoms with Crippen molar-refractivity contribution in [2.75, 3.05) is 7.11 Å². The molecule has 0 aromatic heterocycles. The van der Waals surface area contributed by atoms with Crippen LogP contribution in [-0.2, 0) is 16.2 Å². The maximum absolute atomic E-state index is 6.74. The molecule has 33 heavy (non-hydrogen) atoms. The number of ether oxygens (including phenoxy) is 2. The van der Waals surface area contributed by atoms with Crippen LogP contribution in [0.3, 0.4) is 0 Å². The summed E-state index contributed by atoms with van der Waals surface area (Å²) in [6.07, 6.45) is 0. The van der Waals surface area contributed by atoms with Gasteiger partial charge in [-0.05, 0) is 67.7 Å². The Morgan fingerprint density at radius 3 is 1.79 bits per heavy atom. The molecule has 0 spiro atoms. The van der Waals surface area contributed by atoms with E-state index in [1.807, 2.05) is 12.1 Å². The molecule has 174 valence electrons. The third-order valence-corrected chi connectivity index (χ3v) is 7.41. The van der Waals surface area contributed by atoms with Crippen molar-refractivity contribution in [3.8, 4) is 28.4 Å². The maximum Gasteiger partial charge on any atom is 0.145 e. The molecule has 0 radical (unpaired) electrons. The predicted octanol–water partition coefficient (Wildman–Crippen LogP) is 9.15. The smallest absolute Gasteiger partial charge is 0.145 e. The Morgan fingerprint density at radius 1 is 0.758 bits per heavy atom. The van der Waals surface area contributed by atoms with Crippen molar-refractivity contribution in [3.05, 3.63) is 75.3 Å². The topological polar surface area (TPSA) is 18.5 Å². The van der Waals surface area contributed by atoms with Gasteiger partial charge in [-0.15, -0.1) is 0 Å². The van der Waals surface area contributed by atoms with Crippen molar-refractivity contribution in [2.45, 2.75) is 71.6 Å². The molecule has 0 fully saturated rings. The van der Waals surface area contributed by atoms with Crippen LogP contribution in [0.1, 0.15) is 77.6 Å². The fourth-order valence-electron chi connectivity index (χ4n) is 4.46. The van der Waals surface area contributed by atoms with E-state index in [0.29, 0.717) is 0 Å². The van der Waals surface area contributed by atoms with Crippen LogP contribution >= 0.6 is 15.9 Å². The van der Waals surface area contributed by atoms with Crippen LogP contribution in [0.5, 0.6) is 17.2 Å². The van der Waals surface area contributed by atoms with Crippen molar-refractivity contribution in [1.29, 1.82) is 0 Å². The zero-order chi connectivity index (χ0) is 24.3. The van der Waals surface area contributed by atoms with Gasteiger partial charge in [0, 0.05) is 22.1 Å². The van der Waals surface area contributed by atoms with E-state index in [1.54, 1.807) is 7.11 Å². The van der Waals surface area contributed by atoms with E-state index in [4.69, 9.17) is 9.47 Å². The summed E-state index contributed by atoms with van der Waals surface area (Å²) in [6, 6.07) is 17.4. The minimum Gasteiger partial charge on any atom is -0.497 e. The summed E-state index contributed by atoms with van der Waals surface area (Å²) < 4.78 is 13.1. The Hall–Kier alpha value is -2.26. The molecule has 3 aromatic carbocycles. The lowest BCUT2D eigenvalue weighted by molar-refractivity contribution is 0.413. The van der Waals surface area contributed by atoms with Crippen molar-refractivity contribution < 1.29 is 9.47 Å². The van der Waals surface area contributed by atoms with Gasteiger partial charge in [0.05, 0.1) is 11.6 Å². The first kappa shape index (κ1) is 23.9. The zero-order valence-electron chi connectivity index (χ0n) is 21.3. The molecule has 0 N–H and O–H groups in total. The Labute approximate surface area is 207 Å². The van der Waals surface area contributed by atoms with Crippen LogP contribution < -0.4 is 9.47 Å². The number of hydrogen-bond acceptors (Lipinski definition) is 2. The maximum atomic E-state index is 6.74. The molecule has 1 aliphatic rings. The van der Waals surface area contributed by atoms with Gasteiger partial charge in [0.1, 0.15) is 17.2 Å². The first-order valence-corrected chi connectivity index (χ1v) is 12.4. The summed E-state index contributed by atoms with van der Waals surface area (Å²) in [7, 11) is 1.70. The zero-order valence-corrected chi connectivity index (χ0v) is 22.9. The highest BCUT2D eigenvalue weighted by atomic mass is 79.9. The van der Waals surface area contributed by atoms with Crippen LogP contribution in [0, 0.1) is 0 Å². The van der Waals surface area contributed by atoms with E-state index < -0.39 is 0 Å². The van der Waals surface area contributed by atoms with Crippen molar-refractivity contribution in [3.63, 3.8) is 0 Å². The van der Waals surface area contributed by atoms with E-state index >= 15 is 0 Å². The SMILES string of the molecule is COc1ccc(-c2cc(C(C)(C)C)cc3c2Oc2c(Br)cc(C(C)(C)C)cc2C3(C)C)cc1. The summed E-state index contributed by atoms with van der Waals surface area (Å²) >= 11 is 3.83. The van der Waals surface area contributed by atoms with Gasteiger partial charge in [0.15, 0.2) is 0 Å². The number of halogens is 1. The van der Waals surface area contributed by atoms with Crippen molar-refractivity contribution in [1.82, 2.24) is 0 Å². The molecular formula is C30H35BrO2. The molecular weight excluding hydrogens is 472 g/mol. The molecule has 4 rings (SSSR count). The number of fused-ring (bicyclic) bond motifs is 2. The molecule has 3 aromatic rings. The summed E-state index contributed by atoms with van der Waals surface area (Å²) in [6.45, 7) is 18.2. The largest absolute Gasteiger partial charge is 0.497 e. The van der Waals surface area contributed by atoms with Crippen molar-refractivity contribution >= 4 is 15.9 Å². The molecule has 2 nitrogen and oxygen atoms in total. The molecule has 0 saturated carbocycles. The van der Waals surface area contributed by atoms with Crippen LogP contribution in [0.4, 0.5) is 0 Å². The predicted molar refractivity (Wildman–Crippen MR) is 142 cm³/mol. The number of methoxy groups -OCH3 is 1. The molecule has 0 unspecified atom stereocenters. The van der Waals surface area contributed by atoms with E-state index in [1.165, 1.54) is 22.3 Å². The summed E-state index contributed by atoms with van der Waals surface area (Å²) in [5.41, 5.74) is 7.15. The quantitative estimate of drug-likeness (QED) is 0.344. The molecule has 0 atom stereocenters. The minimum absolute atomic E-state index is 0.0143. The number of benzene rings is 3. The molecule has 1 heterocycles.